The third kappa shape index (κ3) is 6.63. The number of halogens is 3. The number of carbonyl (C=O) groups excluding carboxylic acids is 1. The molecule has 0 saturated carbocycles. The molecule has 0 unspecified atom stereocenters. The zero-order valence-electron chi connectivity index (χ0n) is 16.2. The molecule has 11 heteroatoms. The number of amides is 1. The molecule has 1 amide bonds. The SMILES string of the molecule is O=C(Nc1ccc(OC(F)(F)Cl)cc1)c1cnc(NCCCCO)c(-c2ccn[nH]2)c1. The van der Waals surface area contributed by atoms with Crippen LogP contribution in [0.3, 0.4) is 0 Å². The molecule has 4 N–H and O–H groups in total. The predicted molar refractivity (Wildman–Crippen MR) is 112 cm³/mol. The lowest BCUT2D eigenvalue weighted by Gasteiger charge is -2.13. The van der Waals surface area contributed by atoms with Crippen LogP contribution in [-0.2, 0) is 0 Å². The number of ether oxygens (including phenoxy) is 1. The van der Waals surface area contributed by atoms with Gasteiger partial charge in [-0.15, -0.1) is 8.78 Å². The third-order valence-corrected chi connectivity index (χ3v) is 4.24. The number of aliphatic hydroxyl groups is 1. The standard InChI is InChI=1S/C20H20ClF2N5O3/c21-20(22,23)31-15-5-3-14(4-6-15)27-19(30)13-11-16(17-7-9-26-28-17)18(25-12-13)24-8-1-2-10-29/h3-7,9,11-12,29H,1-2,8,10H2,(H,24,25)(H,26,28)(H,27,30). The highest BCUT2D eigenvalue weighted by atomic mass is 35.5. The minimum Gasteiger partial charge on any atom is -0.420 e. The number of carbonyl (C=O) groups is 1. The number of pyridine rings is 1. The van der Waals surface area contributed by atoms with Crippen LogP contribution in [0.5, 0.6) is 5.75 Å². The van der Waals surface area contributed by atoms with Crippen LogP contribution >= 0.6 is 11.6 Å². The molecular weight excluding hydrogens is 432 g/mol. The molecule has 0 saturated heterocycles. The maximum atomic E-state index is 12.7. The van der Waals surface area contributed by atoms with Crippen LogP contribution in [0, 0.1) is 0 Å². The minimum atomic E-state index is -3.81. The fourth-order valence-corrected chi connectivity index (χ4v) is 2.82. The number of nitrogens with one attached hydrogen (secondary N) is 3. The summed E-state index contributed by atoms with van der Waals surface area (Å²) in [6.45, 7) is 0.721. The van der Waals surface area contributed by atoms with Crippen LogP contribution in [0.25, 0.3) is 11.3 Å². The van der Waals surface area contributed by atoms with Gasteiger partial charge in [-0.2, -0.15) is 5.10 Å². The summed E-state index contributed by atoms with van der Waals surface area (Å²) in [6, 6.07) is 8.77. The Labute approximate surface area is 181 Å². The quantitative estimate of drug-likeness (QED) is 0.273. The summed E-state index contributed by atoms with van der Waals surface area (Å²) in [5.74, 6) is -0.00324. The Morgan fingerprint density at radius 2 is 2.00 bits per heavy atom. The number of unbranched alkanes of at least 4 members (excludes halogenated alkanes) is 1. The van der Waals surface area contributed by atoms with Crippen molar-refractivity contribution in [3.8, 4) is 17.0 Å². The van der Waals surface area contributed by atoms with Crippen molar-refractivity contribution in [2.24, 2.45) is 0 Å². The molecule has 2 aromatic heterocycles. The normalized spacial score (nSPS) is 11.2. The van der Waals surface area contributed by atoms with E-state index < -0.39 is 11.5 Å². The molecule has 0 aliphatic heterocycles. The second kappa shape index (κ2) is 10.2. The van der Waals surface area contributed by atoms with Gasteiger partial charge in [-0.3, -0.25) is 9.89 Å². The van der Waals surface area contributed by atoms with Crippen molar-refractivity contribution in [3.05, 3.63) is 54.4 Å². The van der Waals surface area contributed by atoms with Crippen molar-refractivity contribution in [1.29, 1.82) is 0 Å². The van der Waals surface area contributed by atoms with E-state index in [1.807, 2.05) is 0 Å². The monoisotopic (exact) mass is 451 g/mol. The number of H-pyrrole nitrogens is 1. The summed E-state index contributed by atoms with van der Waals surface area (Å²) in [6.07, 6.45) is 4.44. The minimum absolute atomic E-state index is 0.114. The third-order valence-electron chi connectivity index (χ3n) is 4.16. The Hall–Kier alpha value is -3.24. The number of alkyl halides is 3. The highest BCUT2D eigenvalue weighted by Gasteiger charge is 2.27. The highest BCUT2D eigenvalue weighted by molar-refractivity contribution is 6.20. The molecule has 0 aliphatic rings. The molecule has 0 radical (unpaired) electrons. The van der Waals surface area contributed by atoms with Crippen molar-refractivity contribution in [2.75, 3.05) is 23.8 Å². The van der Waals surface area contributed by atoms with Crippen molar-refractivity contribution in [2.45, 2.75) is 18.4 Å². The van der Waals surface area contributed by atoms with E-state index in [4.69, 9.17) is 16.7 Å². The summed E-state index contributed by atoms with van der Waals surface area (Å²) >= 11 is 4.73. The van der Waals surface area contributed by atoms with E-state index in [1.165, 1.54) is 30.5 Å². The van der Waals surface area contributed by atoms with Gasteiger partial charge in [0, 0.05) is 48.4 Å². The molecule has 0 bridgehead atoms. The summed E-state index contributed by atoms with van der Waals surface area (Å²) < 4.78 is 29.6. The van der Waals surface area contributed by atoms with Gasteiger partial charge in [0.1, 0.15) is 11.6 Å². The van der Waals surface area contributed by atoms with Crippen LogP contribution in [0.1, 0.15) is 23.2 Å². The molecule has 2 heterocycles. The molecule has 0 spiro atoms. The number of hydrogen-bond donors (Lipinski definition) is 4. The van der Waals surface area contributed by atoms with Crippen LogP contribution in [0.2, 0.25) is 0 Å². The highest BCUT2D eigenvalue weighted by Crippen LogP contribution is 2.27. The van der Waals surface area contributed by atoms with Gasteiger partial charge in [-0.25, -0.2) is 4.98 Å². The number of aromatic nitrogens is 3. The second-order valence-corrected chi connectivity index (χ2v) is 6.91. The first-order valence-electron chi connectivity index (χ1n) is 9.37. The largest absolute Gasteiger partial charge is 0.487 e. The van der Waals surface area contributed by atoms with E-state index in [2.05, 4.69) is 30.6 Å². The van der Waals surface area contributed by atoms with E-state index in [9.17, 15) is 13.6 Å². The summed E-state index contributed by atoms with van der Waals surface area (Å²) in [7, 11) is 0. The van der Waals surface area contributed by atoms with E-state index in [1.54, 1.807) is 18.3 Å². The molecule has 3 rings (SSSR count). The zero-order valence-corrected chi connectivity index (χ0v) is 17.0. The lowest BCUT2D eigenvalue weighted by Crippen LogP contribution is -2.16. The fraction of sp³-hybridized carbons (Fsp3) is 0.250. The number of nitrogens with zero attached hydrogens (tertiary/aromatic N) is 2. The van der Waals surface area contributed by atoms with E-state index >= 15 is 0 Å². The zero-order chi connectivity index (χ0) is 22.3. The molecule has 3 aromatic rings. The number of hydrogen-bond acceptors (Lipinski definition) is 6. The number of benzene rings is 1. The van der Waals surface area contributed by atoms with Crippen molar-refractivity contribution < 1.29 is 23.4 Å². The average Bonchev–Trinajstić information content (AvgIpc) is 3.26. The van der Waals surface area contributed by atoms with Crippen LogP contribution in [0.15, 0.2) is 48.8 Å². The molecular formula is C20H20ClF2N5O3. The Kier molecular flexibility index (Phi) is 7.37. The van der Waals surface area contributed by atoms with Gasteiger partial charge in [0.15, 0.2) is 0 Å². The Balaban J connectivity index is 1.74. The first-order chi connectivity index (χ1) is 14.9. The summed E-state index contributed by atoms with van der Waals surface area (Å²) in [4.78, 5) is 17.0. The first kappa shape index (κ1) is 22.4. The van der Waals surface area contributed by atoms with Gasteiger partial charge in [-0.1, -0.05) is 0 Å². The smallest absolute Gasteiger partial charge is 0.420 e. The average molecular weight is 452 g/mol. The van der Waals surface area contributed by atoms with Gasteiger partial charge in [0.2, 0.25) is 0 Å². The van der Waals surface area contributed by atoms with Crippen molar-refractivity contribution in [3.63, 3.8) is 0 Å². The lowest BCUT2D eigenvalue weighted by atomic mass is 10.1. The van der Waals surface area contributed by atoms with E-state index in [-0.39, 0.29) is 17.9 Å². The van der Waals surface area contributed by atoms with Gasteiger partial charge in [-0.05, 0) is 49.2 Å². The molecule has 0 aliphatic carbocycles. The fourth-order valence-electron chi connectivity index (χ4n) is 2.73. The lowest BCUT2D eigenvalue weighted by molar-refractivity contribution is -0.0964. The second-order valence-electron chi connectivity index (χ2n) is 6.47. The maximum Gasteiger partial charge on any atom is 0.487 e. The summed E-state index contributed by atoms with van der Waals surface area (Å²) in [5, 5.41) is 21.5. The molecule has 31 heavy (non-hydrogen) atoms. The topological polar surface area (TPSA) is 112 Å². The van der Waals surface area contributed by atoms with Crippen LogP contribution < -0.4 is 15.4 Å². The molecule has 0 fully saturated rings. The van der Waals surface area contributed by atoms with E-state index in [0.717, 1.165) is 6.42 Å². The van der Waals surface area contributed by atoms with Crippen molar-refractivity contribution in [1.82, 2.24) is 15.2 Å². The van der Waals surface area contributed by atoms with Gasteiger partial charge >= 0.3 is 5.57 Å². The number of aliphatic hydroxyl groups excluding tert-OH is 1. The first-order valence-corrected chi connectivity index (χ1v) is 9.75. The van der Waals surface area contributed by atoms with E-state index in [0.29, 0.717) is 35.7 Å². The summed E-state index contributed by atoms with van der Waals surface area (Å²) in [5.41, 5.74) is -1.81. The molecule has 0 atom stereocenters. The predicted octanol–water partition coefficient (Wildman–Crippen LogP) is 4.08. The van der Waals surface area contributed by atoms with Gasteiger partial charge in [0.05, 0.1) is 11.3 Å². The van der Waals surface area contributed by atoms with Crippen molar-refractivity contribution >= 4 is 29.0 Å². The number of rotatable bonds is 10. The van der Waals surface area contributed by atoms with Crippen LogP contribution in [0.4, 0.5) is 20.3 Å². The molecule has 8 nitrogen and oxygen atoms in total. The van der Waals surface area contributed by atoms with Crippen LogP contribution in [-0.4, -0.2) is 44.9 Å². The van der Waals surface area contributed by atoms with Gasteiger partial charge in [0.25, 0.3) is 5.91 Å². The number of anilines is 2. The Morgan fingerprint density at radius 3 is 2.65 bits per heavy atom. The molecule has 164 valence electrons. The Morgan fingerprint density at radius 1 is 1.23 bits per heavy atom. The maximum absolute atomic E-state index is 12.7. The number of aromatic amines is 1. The molecule has 1 aromatic carbocycles. The Bertz CT molecular complexity index is 995. The van der Waals surface area contributed by atoms with Gasteiger partial charge < -0.3 is 20.5 Å².